The molecule has 0 saturated heterocycles. The number of aliphatic hydroxyl groups is 1. The third kappa shape index (κ3) is 3.22. The van der Waals surface area contributed by atoms with Crippen molar-refractivity contribution in [1.82, 2.24) is 0 Å². The minimum Gasteiger partial charge on any atom is -0.488 e. The predicted octanol–water partition coefficient (Wildman–Crippen LogP) is 3.49. The first-order chi connectivity index (χ1) is 8.16. The number of hydrogen-bond acceptors (Lipinski definition) is 2. The van der Waals surface area contributed by atoms with Crippen molar-refractivity contribution < 1.29 is 9.84 Å². The Kier molecular flexibility index (Phi) is 4.06. The highest BCUT2D eigenvalue weighted by molar-refractivity contribution is 5.29. The molecule has 1 saturated carbocycles. The molecule has 0 amide bonds. The highest BCUT2D eigenvalue weighted by Gasteiger charge is 2.24. The molecule has 0 bridgehead atoms. The predicted molar refractivity (Wildman–Crippen MR) is 69.4 cm³/mol. The zero-order chi connectivity index (χ0) is 12.3. The van der Waals surface area contributed by atoms with Gasteiger partial charge in [-0.2, -0.15) is 0 Å². The summed E-state index contributed by atoms with van der Waals surface area (Å²) in [5.74, 6) is 1.42. The van der Waals surface area contributed by atoms with Crippen LogP contribution >= 0.6 is 0 Å². The molecule has 0 aromatic heterocycles. The molecule has 2 heteroatoms. The van der Waals surface area contributed by atoms with Gasteiger partial charge in [0.05, 0.1) is 6.10 Å². The molecule has 17 heavy (non-hydrogen) atoms. The zero-order valence-corrected chi connectivity index (χ0v) is 10.7. The van der Waals surface area contributed by atoms with Crippen LogP contribution in [0.1, 0.15) is 51.0 Å². The molecule has 1 fully saturated rings. The molecule has 0 heterocycles. The lowest BCUT2D eigenvalue weighted by atomic mass is 9.95. The summed E-state index contributed by atoms with van der Waals surface area (Å²) in [5.41, 5.74) is 1.32. The van der Waals surface area contributed by atoms with Gasteiger partial charge in [-0.3, -0.25) is 0 Å². The zero-order valence-electron chi connectivity index (χ0n) is 10.7. The second-order valence-corrected chi connectivity index (χ2v) is 5.23. The van der Waals surface area contributed by atoms with Crippen LogP contribution in [-0.2, 0) is 0 Å². The van der Waals surface area contributed by atoms with E-state index in [2.05, 4.69) is 26.0 Å². The molecule has 1 aliphatic carbocycles. The van der Waals surface area contributed by atoms with E-state index < -0.39 is 0 Å². The topological polar surface area (TPSA) is 29.5 Å². The van der Waals surface area contributed by atoms with Crippen molar-refractivity contribution in [2.24, 2.45) is 0 Å². The maximum atomic E-state index is 9.85. The van der Waals surface area contributed by atoms with E-state index in [9.17, 15) is 5.11 Å². The molecule has 94 valence electrons. The molecule has 1 aromatic rings. The van der Waals surface area contributed by atoms with E-state index in [1.165, 1.54) is 5.56 Å². The summed E-state index contributed by atoms with van der Waals surface area (Å²) in [4.78, 5) is 0. The van der Waals surface area contributed by atoms with E-state index in [1.54, 1.807) is 0 Å². The lowest BCUT2D eigenvalue weighted by Gasteiger charge is -2.28. The second kappa shape index (κ2) is 5.54. The average molecular weight is 234 g/mol. The summed E-state index contributed by atoms with van der Waals surface area (Å²) in [6.45, 7) is 4.36. The molecular weight excluding hydrogens is 212 g/mol. The fourth-order valence-electron chi connectivity index (χ4n) is 2.32. The van der Waals surface area contributed by atoms with Crippen LogP contribution in [0.4, 0.5) is 0 Å². The molecule has 0 spiro atoms. The van der Waals surface area contributed by atoms with Crippen molar-refractivity contribution in [1.29, 1.82) is 0 Å². The molecule has 1 aromatic carbocycles. The Labute approximate surface area is 104 Å². The Morgan fingerprint density at radius 3 is 2.35 bits per heavy atom. The van der Waals surface area contributed by atoms with Gasteiger partial charge in [0.2, 0.25) is 0 Å². The van der Waals surface area contributed by atoms with Crippen molar-refractivity contribution >= 4 is 0 Å². The smallest absolute Gasteiger partial charge is 0.124 e. The van der Waals surface area contributed by atoms with Crippen molar-refractivity contribution in [2.45, 2.75) is 57.7 Å². The van der Waals surface area contributed by atoms with E-state index in [4.69, 9.17) is 4.74 Å². The Morgan fingerprint density at radius 1 is 1.12 bits per heavy atom. The normalized spacial score (nSPS) is 24.9. The van der Waals surface area contributed by atoms with Gasteiger partial charge in [0.15, 0.2) is 0 Å². The first-order valence-corrected chi connectivity index (χ1v) is 6.61. The monoisotopic (exact) mass is 234 g/mol. The van der Waals surface area contributed by atoms with Crippen molar-refractivity contribution in [3.63, 3.8) is 0 Å². The van der Waals surface area contributed by atoms with E-state index in [-0.39, 0.29) is 12.2 Å². The molecule has 2 atom stereocenters. The minimum atomic E-state index is -0.298. The molecular formula is C15H22O2. The van der Waals surface area contributed by atoms with Crippen LogP contribution in [0.3, 0.4) is 0 Å². The summed E-state index contributed by atoms with van der Waals surface area (Å²) in [7, 11) is 0. The second-order valence-electron chi connectivity index (χ2n) is 5.23. The number of benzene rings is 1. The number of aliphatic hydroxyl groups excluding tert-OH is 1. The maximum Gasteiger partial charge on any atom is 0.124 e. The van der Waals surface area contributed by atoms with Gasteiger partial charge in [0.1, 0.15) is 11.9 Å². The SMILES string of the molecule is CC(C)c1ccc(O[C@@H]2CCCC[C@H]2O)cc1. The van der Waals surface area contributed by atoms with E-state index >= 15 is 0 Å². The number of ether oxygens (including phenoxy) is 1. The number of rotatable bonds is 3. The van der Waals surface area contributed by atoms with Gasteiger partial charge in [-0.15, -0.1) is 0 Å². The van der Waals surface area contributed by atoms with Gasteiger partial charge < -0.3 is 9.84 Å². The van der Waals surface area contributed by atoms with Crippen molar-refractivity contribution in [2.75, 3.05) is 0 Å². The minimum absolute atomic E-state index is 0.0198. The van der Waals surface area contributed by atoms with Gasteiger partial charge in [-0.1, -0.05) is 32.4 Å². The first kappa shape index (κ1) is 12.4. The van der Waals surface area contributed by atoms with Crippen LogP contribution in [0.25, 0.3) is 0 Å². The van der Waals surface area contributed by atoms with E-state index in [0.717, 1.165) is 31.4 Å². The van der Waals surface area contributed by atoms with Gasteiger partial charge in [0, 0.05) is 0 Å². The molecule has 0 unspecified atom stereocenters. The Morgan fingerprint density at radius 2 is 1.76 bits per heavy atom. The van der Waals surface area contributed by atoms with Gasteiger partial charge in [-0.25, -0.2) is 0 Å². The first-order valence-electron chi connectivity index (χ1n) is 6.61. The van der Waals surface area contributed by atoms with Gasteiger partial charge >= 0.3 is 0 Å². The van der Waals surface area contributed by atoms with Crippen LogP contribution in [0.5, 0.6) is 5.75 Å². The largest absolute Gasteiger partial charge is 0.488 e. The average Bonchev–Trinajstić information content (AvgIpc) is 2.33. The molecule has 1 N–H and O–H groups in total. The summed E-state index contributed by atoms with van der Waals surface area (Å²) in [5, 5.41) is 9.85. The lowest BCUT2D eigenvalue weighted by molar-refractivity contribution is 0.00687. The van der Waals surface area contributed by atoms with Crippen molar-refractivity contribution in [3.05, 3.63) is 29.8 Å². The fraction of sp³-hybridized carbons (Fsp3) is 0.600. The Hall–Kier alpha value is -1.02. The fourth-order valence-corrected chi connectivity index (χ4v) is 2.32. The lowest BCUT2D eigenvalue weighted by Crippen LogP contribution is -2.34. The highest BCUT2D eigenvalue weighted by atomic mass is 16.5. The van der Waals surface area contributed by atoms with Gasteiger partial charge in [0.25, 0.3) is 0 Å². The van der Waals surface area contributed by atoms with Crippen LogP contribution < -0.4 is 4.74 Å². The van der Waals surface area contributed by atoms with Crippen LogP contribution in [-0.4, -0.2) is 17.3 Å². The molecule has 1 aliphatic rings. The maximum absolute atomic E-state index is 9.85. The summed E-state index contributed by atoms with van der Waals surface area (Å²) < 4.78 is 5.85. The van der Waals surface area contributed by atoms with E-state index in [0.29, 0.717) is 5.92 Å². The molecule has 2 nitrogen and oxygen atoms in total. The quantitative estimate of drug-likeness (QED) is 0.867. The highest BCUT2D eigenvalue weighted by Crippen LogP contribution is 2.25. The Balaban J connectivity index is 1.98. The molecule has 0 radical (unpaired) electrons. The Bertz CT molecular complexity index is 342. The number of hydrogen-bond donors (Lipinski definition) is 1. The summed E-state index contributed by atoms with van der Waals surface area (Å²) in [6.07, 6.45) is 3.79. The van der Waals surface area contributed by atoms with Crippen LogP contribution in [0, 0.1) is 0 Å². The summed E-state index contributed by atoms with van der Waals surface area (Å²) >= 11 is 0. The summed E-state index contributed by atoms with van der Waals surface area (Å²) in [6, 6.07) is 8.23. The standard InChI is InChI=1S/C15H22O2/c1-11(2)12-7-9-13(10-8-12)17-15-6-4-3-5-14(15)16/h7-11,14-16H,3-6H2,1-2H3/t14-,15-/m1/s1. The van der Waals surface area contributed by atoms with Crippen LogP contribution in [0.15, 0.2) is 24.3 Å². The van der Waals surface area contributed by atoms with Crippen molar-refractivity contribution in [3.8, 4) is 5.75 Å². The third-order valence-corrected chi connectivity index (χ3v) is 3.50. The molecule has 2 rings (SSSR count). The molecule has 0 aliphatic heterocycles. The van der Waals surface area contributed by atoms with Crippen LogP contribution in [0.2, 0.25) is 0 Å². The van der Waals surface area contributed by atoms with E-state index in [1.807, 2.05) is 12.1 Å². The third-order valence-electron chi connectivity index (χ3n) is 3.50. The van der Waals surface area contributed by atoms with Gasteiger partial charge in [-0.05, 0) is 42.9 Å².